The molecule has 0 fully saturated rings. The molecule has 0 radical (unpaired) electrons. The number of anilines is 1. The molecule has 0 aromatic heterocycles. The van der Waals surface area contributed by atoms with E-state index in [0.717, 1.165) is 78.9 Å². The van der Waals surface area contributed by atoms with Crippen LogP contribution in [0.1, 0.15) is 61.7 Å². The fraction of sp³-hybridized carbons (Fsp3) is 0.143. The van der Waals surface area contributed by atoms with Crippen LogP contribution in [-0.2, 0) is 9.47 Å². The first-order valence-electron chi connectivity index (χ1n) is 23.5. The van der Waals surface area contributed by atoms with Crippen molar-refractivity contribution >= 4 is 62.7 Å². The number of Topliss-reactive ketones (excluding diaryl/α,β-unsaturated/α-hetero) is 1. The second-order valence-corrected chi connectivity index (χ2v) is 17.4. The number of non-ortho nitro benzene ring substituents is 1. The van der Waals surface area contributed by atoms with Crippen LogP contribution in [0.15, 0.2) is 122 Å². The van der Waals surface area contributed by atoms with Crippen LogP contribution in [0.2, 0.25) is 0 Å². The molecule has 0 spiro atoms. The number of benzene rings is 7. The number of ether oxygens (including phenoxy) is 2. The summed E-state index contributed by atoms with van der Waals surface area (Å²) in [5, 5.41) is 73.3. The van der Waals surface area contributed by atoms with Crippen molar-refractivity contribution < 1.29 is 90.4 Å². The summed E-state index contributed by atoms with van der Waals surface area (Å²) in [6.45, 7) is 0.828. The van der Waals surface area contributed by atoms with Crippen molar-refractivity contribution in [3.63, 3.8) is 0 Å². The average molecular weight is 1140 g/mol. The summed E-state index contributed by atoms with van der Waals surface area (Å²) in [6.07, 6.45) is 0.276. The lowest BCUT2D eigenvalue weighted by Crippen LogP contribution is -2.13. The van der Waals surface area contributed by atoms with Gasteiger partial charge in [0.15, 0.2) is 40.6 Å². The Labute approximate surface area is 456 Å². The maximum atomic E-state index is 14.5. The Bertz CT molecular complexity index is 4130. The zero-order chi connectivity index (χ0) is 58.6. The van der Waals surface area contributed by atoms with E-state index >= 15 is 0 Å². The van der Waals surface area contributed by atoms with Crippen molar-refractivity contribution in [3.05, 3.63) is 189 Å². The van der Waals surface area contributed by atoms with E-state index in [9.17, 15) is 87.0 Å². The number of rotatable bonds is 19. The monoisotopic (exact) mass is 1140 g/mol. The van der Waals surface area contributed by atoms with Gasteiger partial charge in [0.2, 0.25) is 10.9 Å². The van der Waals surface area contributed by atoms with Crippen LogP contribution in [0.25, 0.3) is 66.8 Å². The first-order valence-corrected chi connectivity index (χ1v) is 23.5. The van der Waals surface area contributed by atoms with Crippen molar-refractivity contribution in [1.29, 1.82) is 0 Å². The van der Waals surface area contributed by atoms with Gasteiger partial charge in [-0.25, -0.2) is 31.9 Å². The Morgan fingerprint density at radius 1 is 0.549 bits per heavy atom. The highest BCUT2D eigenvalue weighted by Crippen LogP contribution is 2.45. The Morgan fingerprint density at radius 2 is 1.04 bits per heavy atom. The number of hydrogen-bond acceptors (Lipinski definition) is 17. The number of fused-ring (bicyclic) bond motifs is 4. The maximum absolute atomic E-state index is 14.5. The summed E-state index contributed by atoms with van der Waals surface area (Å²) in [4.78, 5) is 92.8. The molecule has 26 heteroatoms. The van der Waals surface area contributed by atoms with Crippen molar-refractivity contribution in [2.75, 3.05) is 38.3 Å². The number of carbonyl (C=O) groups is 4. The molecule has 5 aromatic carbocycles. The van der Waals surface area contributed by atoms with E-state index in [1.165, 1.54) is 24.3 Å². The van der Waals surface area contributed by atoms with Gasteiger partial charge in [-0.05, 0) is 66.1 Å². The van der Waals surface area contributed by atoms with Crippen molar-refractivity contribution in [2.45, 2.75) is 20.3 Å². The molecule has 422 valence electrons. The number of ketones is 1. The number of hydrogen-bond donors (Lipinski definition) is 6. The number of aromatic carboxylic acids is 3. The van der Waals surface area contributed by atoms with Gasteiger partial charge < -0.3 is 49.2 Å². The topological polar surface area (TPSA) is 347 Å². The minimum absolute atomic E-state index is 0. The third kappa shape index (κ3) is 12.5. The largest absolute Gasteiger partial charge is 0.505 e. The molecule has 0 bridgehead atoms. The van der Waals surface area contributed by atoms with Gasteiger partial charge in [0, 0.05) is 88.5 Å². The molecule has 22 nitrogen and oxygen atoms in total. The van der Waals surface area contributed by atoms with Crippen molar-refractivity contribution in [3.8, 4) is 56.4 Å². The van der Waals surface area contributed by atoms with Crippen LogP contribution in [0.5, 0.6) is 11.5 Å². The fourth-order valence-electron chi connectivity index (χ4n) is 8.56. The number of phenols is 2. The lowest BCUT2D eigenvalue weighted by molar-refractivity contribution is -0.393. The molecular formula is C56H41F4N3O19. The number of carboxylic acids is 3. The van der Waals surface area contributed by atoms with Crippen LogP contribution in [0, 0.1) is 43.5 Å². The summed E-state index contributed by atoms with van der Waals surface area (Å²) in [7, 11) is 0. The number of carbonyl (C=O) groups excluding carboxylic acids is 1. The SMILES string of the molecule is C.O=C(CCCOCCOCCNc1ccc([N+](=O)[O-])cc1[N+](=O)[O-])c1ccc(-c2c3cc(F)c(=O)cc-3oc3cc(O)c(F)cc23)c(C(=O)O)c1.O=C(O)c1ccc(-c2c3cc(F)c(=O)cc-3oc3cc(O)c(F)cc23)c(C(=O)O)c1. The van der Waals surface area contributed by atoms with E-state index in [1.807, 2.05) is 0 Å². The zero-order valence-electron chi connectivity index (χ0n) is 41.1. The molecular weight excluding hydrogens is 1090 g/mol. The number of aromatic hydroxyl groups is 2. The number of carboxylic acid groups (broad SMARTS) is 3. The molecule has 2 aliphatic carbocycles. The fourth-order valence-corrected chi connectivity index (χ4v) is 8.56. The molecule has 0 unspecified atom stereocenters. The van der Waals surface area contributed by atoms with Gasteiger partial charge in [0.1, 0.15) is 28.4 Å². The molecule has 0 saturated heterocycles. The molecule has 82 heavy (non-hydrogen) atoms. The van der Waals surface area contributed by atoms with E-state index in [1.54, 1.807) is 0 Å². The molecule has 2 aliphatic heterocycles. The third-order valence-corrected chi connectivity index (χ3v) is 12.3. The number of phenolic OH excluding ortho intramolecular Hbond substituents is 2. The number of halogens is 4. The first kappa shape index (κ1) is 59.1. The smallest absolute Gasteiger partial charge is 0.336 e. The van der Waals surface area contributed by atoms with Gasteiger partial charge in [-0.2, -0.15) is 0 Å². The number of nitro groups is 2. The van der Waals surface area contributed by atoms with Crippen LogP contribution in [-0.4, -0.2) is 92.0 Å². The van der Waals surface area contributed by atoms with Gasteiger partial charge in [-0.3, -0.25) is 34.6 Å². The highest BCUT2D eigenvalue weighted by atomic mass is 19.1. The van der Waals surface area contributed by atoms with Crippen LogP contribution in [0.4, 0.5) is 34.6 Å². The van der Waals surface area contributed by atoms with E-state index in [2.05, 4.69) is 5.32 Å². The minimum Gasteiger partial charge on any atom is -0.505 e. The first-order chi connectivity index (χ1) is 38.5. The Kier molecular flexibility index (Phi) is 17.7. The minimum atomic E-state index is -1.48. The normalized spacial score (nSPS) is 11.0. The summed E-state index contributed by atoms with van der Waals surface area (Å²) >= 11 is 0. The van der Waals surface area contributed by atoms with Crippen LogP contribution >= 0.6 is 0 Å². The van der Waals surface area contributed by atoms with E-state index in [4.69, 9.17) is 23.4 Å². The van der Waals surface area contributed by atoms with Crippen LogP contribution in [0.3, 0.4) is 0 Å². The highest BCUT2D eigenvalue weighted by molar-refractivity contribution is 6.10. The van der Waals surface area contributed by atoms with Gasteiger partial charge >= 0.3 is 17.9 Å². The molecule has 5 aromatic rings. The molecule has 2 heterocycles. The summed E-state index contributed by atoms with van der Waals surface area (Å²) in [6, 6.07) is 17.4. The number of nitro benzene ring substituents is 2. The Hall–Kier alpha value is -10.6. The van der Waals surface area contributed by atoms with Gasteiger partial charge in [-0.15, -0.1) is 0 Å². The second kappa shape index (κ2) is 24.6. The molecule has 0 amide bonds. The highest BCUT2D eigenvalue weighted by Gasteiger charge is 2.28. The molecule has 0 atom stereocenters. The predicted molar refractivity (Wildman–Crippen MR) is 283 cm³/mol. The summed E-state index contributed by atoms with van der Waals surface area (Å²) in [5.41, 5.74) is -4.09. The quantitative estimate of drug-likeness (QED) is 0.0109. The molecule has 6 N–H and O–H groups in total. The lowest BCUT2D eigenvalue weighted by Gasteiger charge is -2.17. The van der Waals surface area contributed by atoms with Crippen molar-refractivity contribution in [2.24, 2.45) is 0 Å². The Morgan fingerprint density at radius 3 is 1.51 bits per heavy atom. The van der Waals surface area contributed by atoms with E-state index in [-0.39, 0.29) is 142 Å². The maximum Gasteiger partial charge on any atom is 0.336 e. The second-order valence-electron chi connectivity index (χ2n) is 17.4. The molecule has 4 aliphatic rings. The number of nitrogens with zero attached hydrogens (tertiary/aromatic N) is 2. The van der Waals surface area contributed by atoms with Gasteiger partial charge in [0.05, 0.1) is 52.4 Å². The molecule has 0 saturated carbocycles. The zero-order valence-corrected chi connectivity index (χ0v) is 41.1. The van der Waals surface area contributed by atoms with E-state index < -0.39 is 96.1 Å². The molecule has 9 rings (SSSR count). The van der Waals surface area contributed by atoms with Crippen molar-refractivity contribution in [1.82, 2.24) is 0 Å². The van der Waals surface area contributed by atoms with Gasteiger partial charge in [-0.1, -0.05) is 25.6 Å². The standard InChI is InChI=1S/C34H27F2N3O12.C21H10F2O7.CH4/c35-24-14-22-31(16-29(24)41)51-32-17-30(42)25(36)15-23(32)33(22)20-5-3-18(12-21(20)34(43)44)28(40)2-1-8-49-10-11-50-9-7-37-26-6-4-19(38(45)46)13-27(26)39(47)48;22-13-4-11-17(6-15(13)24)30-18-7-16(25)14(23)5-12(18)19(11)9-2-1-8(20(26)27)3-10(9)21(28)29;/h3-6,12-17,37,41H,1-2,7-11H2,(H,43,44);1-7,24H,(H,26,27)(H,28,29);1H4. The summed E-state index contributed by atoms with van der Waals surface area (Å²) in [5.74, 6) is -10.8. The average Bonchev–Trinajstić information content (AvgIpc) is 2.99. The van der Waals surface area contributed by atoms with Crippen LogP contribution < -0.4 is 16.2 Å². The summed E-state index contributed by atoms with van der Waals surface area (Å²) < 4.78 is 79.1. The lowest BCUT2D eigenvalue weighted by atomic mass is 9.89. The Balaban J connectivity index is 0.000000265. The van der Waals surface area contributed by atoms with Gasteiger partial charge in [0.25, 0.3) is 11.4 Å². The predicted octanol–water partition coefficient (Wildman–Crippen LogP) is 10.8. The van der Waals surface area contributed by atoms with E-state index in [0.29, 0.717) is 0 Å². The number of nitrogens with one attached hydrogen (secondary N) is 1. The third-order valence-electron chi connectivity index (χ3n) is 12.3.